The van der Waals surface area contributed by atoms with Crippen molar-refractivity contribution in [1.29, 1.82) is 0 Å². The lowest BCUT2D eigenvalue weighted by Crippen LogP contribution is -2.35. The normalized spacial score (nSPS) is 14.5. The fourth-order valence-corrected chi connectivity index (χ4v) is 4.05. The van der Waals surface area contributed by atoms with E-state index in [1.807, 2.05) is 55.5 Å². The van der Waals surface area contributed by atoms with Crippen molar-refractivity contribution < 1.29 is 19.1 Å². The highest BCUT2D eigenvalue weighted by Gasteiger charge is 2.40. The molecule has 1 aliphatic heterocycles. The van der Waals surface area contributed by atoms with Crippen LogP contribution in [-0.4, -0.2) is 35.5 Å². The summed E-state index contributed by atoms with van der Waals surface area (Å²) in [4.78, 5) is 28.5. The number of aryl methyl sites for hydroxylation is 1. The number of amides is 1. The summed E-state index contributed by atoms with van der Waals surface area (Å²) in [6.45, 7) is 2.20. The summed E-state index contributed by atoms with van der Waals surface area (Å²) in [7, 11) is 1.29. The number of ether oxygens (including phenoxy) is 2. The van der Waals surface area contributed by atoms with Crippen LogP contribution in [0.5, 0.6) is 5.75 Å². The Morgan fingerprint density at radius 1 is 1.03 bits per heavy atom. The summed E-state index contributed by atoms with van der Waals surface area (Å²) < 4.78 is 10.9. The van der Waals surface area contributed by atoms with E-state index in [1.165, 1.54) is 22.5 Å². The number of esters is 1. The largest absolute Gasteiger partial charge is 0.488 e. The van der Waals surface area contributed by atoms with Gasteiger partial charge in [0.25, 0.3) is 5.91 Å². The van der Waals surface area contributed by atoms with E-state index in [2.05, 4.69) is 0 Å². The average molecular weight is 507 g/mol. The first-order valence-corrected chi connectivity index (χ1v) is 11.6. The molecule has 3 aromatic rings. The molecular formula is C27H23ClN2O4S. The lowest BCUT2D eigenvalue weighted by Gasteiger charge is -2.19. The number of para-hydroxylation sites is 1. The molecule has 4 rings (SSSR count). The molecule has 0 aliphatic carbocycles. The zero-order valence-electron chi connectivity index (χ0n) is 19.2. The van der Waals surface area contributed by atoms with E-state index in [9.17, 15) is 9.59 Å². The first kappa shape index (κ1) is 24.4. The van der Waals surface area contributed by atoms with Crippen LogP contribution in [0.1, 0.15) is 16.7 Å². The minimum Gasteiger partial charge on any atom is -0.488 e. The Morgan fingerprint density at radius 2 is 1.71 bits per heavy atom. The number of nitrogens with zero attached hydrogens (tertiary/aromatic N) is 2. The zero-order valence-corrected chi connectivity index (χ0v) is 20.8. The Balaban J connectivity index is 1.68. The van der Waals surface area contributed by atoms with Gasteiger partial charge in [-0.1, -0.05) is 59.6 Å². The topological polar surface area (TPSA) is 59.1 Å². The molecule has 0 aromatic heterocycles. The van der Waals surface area contributed by atoms with Crippen LogP contribution in [0, 0.1) is 6.92 Å². The average Bonchev–Trinajstić information content (AvgIpc) is 3.09. The predicted octanol–water partition coefficient (Wildman–Crippen LogP) is 5.38. The zero-order chi connectivity index (χ0) is 24.9. The third-order valence-corrected chi connectivity index (χ3v) is 6.12. The third-order valence-electron chi connectivity index (χ3n) is 5.46. The molecular weight excluding hydrogens is 484 g/mol. The molecule has 35 heavy (non-hydrogen) atoms. The molecule has 178 valence electrons. The number of rotatable bonds is 7. The summed E-state index contributed by atoms with van der Waals surface area (Å²) in [5, 5.41) is 0.708. The Labute approximate surface area is 214 Å². The van der Waals surface area contributed by atoms with Gasteiger partial charge in [0.05, 0.1) is 12.8 Å². The van der Waals surface area contributed by atoms with Gasteiger partial charge < -0.3 is 14.4 Å². The molecule has 8 heteroatoms. The van der Waals surface area contributed by atoms with Crippen molar-refractivity contribution in [2.75, 3.05) is 18.6 Å². The number of methoxy groups -OCH3 is 1. The van der Waals surface area contributed by atoms with Crippen molar-refractivity contribution in [3.05, 3.63) is 100 Å². The highest BCUT2D eigenvalue weighted by atomic mass is 35.5. The van der Waals surface area contributed by atoms with Crippen LogP contribution in [0.15, 0.2) is 78.5 Å². The first-order chi connectivity index (χ1) is 16.9. The van der Waals surface area contributed by atoms with Crippen molar-refractivity contribution in [1.82, 2.24) is 4.90 Å². The number of anilines is 1. The SMILES string of the molecule is COC(=O)CN1C(=S)N(c2ccc(Cl)cc2)C(=O)/C1=C/c1ccccc1OCc1ccc(C)cc1. The van der Waals surface area contributed by atoms with Crippen molar-refractivity contribution in [2.45, 2.75) is 13.5 Å². The number of carbonyl (C=O) groups excluding carboxylic acids is 2. The van der Waals surface area contributed by atoms with E-state index in [4.69, 9.17) is 33.3 Å². The summed E-state index contributed by atoms with van der Waals surface area (Å²) >= 11 is 11.6. The Hall–Kier alpha value is -3.68. The van der Waals surface area contributed by atoms with E-state index in [1.54, 1.807) is 30.3 Å². The van der Waals surface area contributed by atoms with Crippen LogP contribution in [0.3, 0.4) is 0 Å². The van der Waals surface area contributed by atoms with Crippen molar-refractivity contribution >= 4 is 52.6 Å². The van der Waals surface area contributed by atoms with Crippen molar-refractivity contribution in [3.63, 3.8) is 0 Å². The smallest absolute Gasteiger partial charge is 0.325 e. The molecule has 0 bridgehead atoms. The maximum Gasteiger partial charge on any atom is 0.325 e. The quantitative estimate of drug-likeness (QED) is 0.244. The number of carbonyl (C=O) groups is 2. The number of thiocarbonyl (C=S) groups is 1. The second-order valence-electron chi connectivity index (χ2n) is 7.90. The minimum absolute atomic E-state index is 0.173. The number of halogens is 1. The van der Waals surface area contributed by atoms with Gasteiger partial charge in [-0.25, -0.2) is 0 Å². The monoisotopic (exact) mass is 506 g/mol. The second kappa shape index (κ2) is 10.7. The standard InChI is InChI=1S/C27H23ClN2O4S/c1-18-7-9-19(10-8-18)17-34-24-6-4-3-5-20(24)15-23-26(32)30(22-13-11-21(28)12-14-22)27(35)29(23)16-25(31)33-2/h3-15H,16-17H2,1-2H3/b23-15-. The summed E-state index contributed by atoms with van der Waals surface area (Å²) in [5.41, 5.74) is 3.66. The van der Waals surface area contributed by atoms with Crippen LogP contribution in [0.4, 0.5) is 5.69 Å². The van der Waals surface area contributed by atoms with Crippen molar-refractivity contribution in [3.8, 4) is 5.75 Å². The van der Waals surface area contributed by atoms with Gasteiger partial charge in [0.15, 0.2) is 5.11 Å². The lowest BCUT2D eigenvalue weighted by atomic mass is 10.1. The molecule has 0 spiro atoms. The first-order valence-electron chi connectivity index (χ1n) is 10.8. The Kier molecular flexibility index (Phi) is 7.48. The molecule has 0 atom stereocenters. The predicted molar refractivity (Wildman–Crippen MR) is 140 cm³/mol. The molecule has 0 unspecified atom stereocenters. The summed E-state index contributed by atoms with van der Waals surface area (Å²) in [6, 6.07) is 22.2. The number of benzene rings is 3. The van der Waals surface area contributed by atoms with Gasteiger partial charge in [0, 0.05) is 10.6 Å². The fraction of sp³-hybridized carbons (Fsp3) is 0.148. The van der Waals surface area contributed by atoms with E-state index < -0.39 is 5.97 Å². The fourth-order valence-electron chi connectivity index (χ4n) is 3.57. The Morgan fingerprint density at radius 3 is 2.40 bits per heavy atom. The van der Waals surface area contributed by atoms with Crippen LogP contribution in [0.2, 0.25) is 5.02 Å². The van der Waals surface area contributed by atoms with Gasteiger partial charge >= 0.3 is 5.97 Å². The van der Waals surface area contributed by atoms with Gasteiger partial charge in [0.1, 0.15) is 24.6 Å². The molecule has 1 saturated heterocycles. The number of hydrogen-bond acceptors (Lipinski definition) is 5. The van der Waals surface area contributed by atoms with Crippen LogP contribution < -0.4 is 9.64 Å². The molecule has 6 nitrogen and oxygen atoms in total. The third kappa shape index (κ3) is 5.53. The van der Waals surface area contributed by atoms with Gasteiger partial charge in [-0.3, -0.25) is 14.5 Å². The highest BCUT2D eigenvalue weighted by Crippen LogP contribution is 2.31. The molecule has 0 radical (unpaired) electrons. The van der Waals surface area contributed by atoms with E-state index in [-0.39, 0.29) is 23.3 Å². The maximum atomic E-state index is 13.5. The second-order valence-corrected chi connectivity index (χ2v) is 8.71. The molecule has 1 heterocycles. The summed E-state index contributed by atoms with van der Waals surface area (Å²) in [5.74, 6) is -0.287. The van der Waals surface area contributed by atoms with Crippen LogP contribution >= 0.6 is 23.8 Å². The van der Waals surface area contributed by atoms with Gasteiger partial charge in [0.2, 0.25) is 0 Å². The van der Waals surface area contributed by atoms with Crippen LogP contribution in [-0.2, 0) is 20.9 Å². The number of hydrogen-bond donors (Lipinski definition) is 0. The minimum atomic E-state index is -0.520. The molecule has 1 amide bonds. The maximum absolute atomic E-state index is 13.5. The lowest BCUT2D eigenvalue weighted by molar-refractivity contribution is -0.140. The molecule has 0 saturated carbocycles. The van der Waals surface area contributed by atoms with Crippen LogP contribution in [0.25, 0.3) is 6.08 Å². The van der Waals surface area contributed by atoms with E-state index in [0.29, 0.717) is 28.6 Å². The van der Waals surface area contributed by atoms with Crippen molar-refractivity contribution in [2.24, 2.45) is 0 Å². The van der Waals surface area contributed by atoms with E-state index >= 15 is 0 Å². The highest BCUT2D eigenvalue weighted by molar-refractivity contribution is 7.80. The molecule has 0 N–H and O–H groups in total. The Bertz CT molecular complexity index is 1290. The van der Waals surface area contributed by atoms with Gasteiger partial charge in [-0.15, -0.1) is 0 Å². The van der Waals surface area contributed by atoms with Gasteiger partial charge in [-0.05, 0) is 61.1 Å². The molecule has 1 aliphatic rings. The molecule has 1 fully saturated rings. The summed E-state index contributed by atoms with van der Waals surface area (Å²) in [6.07, 6.45) is 1.68. The van der Waals surface area contributed by atoms with E-state index in [0.717, 1.165) is 5.56 Å². The van der Waals surface area contributed by atoms with Gasteiger partial charge in [-0.2, -0.15) is 0 Å². The molecule has 3 aromatic carbocycles.